The summed E-state index contributed by atoms with van der Waals surface area (Å²) < 4.78 is 5.14. The van der Waals surface area contributed by atoms with Gasteiger partial charge in [-0.3, -0.25) is 4.79 Å². The molecular formula is C15H20O3. The van der Waals surface area contributed by atoms with Gasteiger partial charge < -0.3 is 9.53 Å². The van der Waals surface area contributed by atoms with Gasteiger partial charge in [0.05, 0.1) is 6.61 Å². The van der Waals surface area contributed by atoms with Gasteiger partial charge in [0.15, 0.2) is 0 Å². The molecule has 0 heterocycles. The zero-order chi connectivity index (χ0) is 13.1. The first kappa shape index (κ1) is 14.4. The van der Waals surface area contributed by atoms with Crippen molar-refractivity contribution < 1.29 is 14.3 Å². The zero-order valence-corrected chi connectivity index (χ0v) is 10.6. The predicted molar refractivity (Wildman–Crippen MR) is 70.3 cm³/mol. The van der Waals surface area contributed by atoms with E-state index < -0.39 is 0 Å². The van der Waals surface area contributed by atoms with Crippen LogP contribution in [0.1, 0.15) is 37.7 Å². The summed E-state index contributed by atoms with van der Waals surface area (Å²) in [6.45, 7) is 0.442. The summed E-state index contributed by atoms with van der Waals surface area (Å²) in [7, 11) is 0. The molecule has 0 radical (unpaired) electrons. The normalized spacial score (nSPS) is 10.0. The van der Waals surface area contributed by atoms with E-state index in [1.165, 1.54) is 5.56 Å². The molecule has 0 unspecified atom stereocenters. The van der Waals surface area contributed by atoms with E-state index in [0.717, 1.165) is 32.0 Å². The van der Waals surface area contributed by atoms with Gasteiger partial charge in [0.25, 0.3) is 0 Å². The van der Waals surface area contributed by atoms with Crippen molar-refractivity contribution in [2.75, 3.05) is 6.61 Å². The highest BCUT2D eigenvalue weighted by molar-refractivity contribution is 5.69. The Kier molecular flexibility index (Phi) is 7.53. The number of rotatable bonds is 9. The minimum atomic E-state index is -0.142. The number of carbonyl (C=O) groups excluding carboxylic acids is 2. The second kappa shape index (κ2) is 9.40. The van der Waals surface area contributed by atoms with E-state index in [0.29, 0.717) is 19.4 Å². The van der Waals surface area contributed by atoms with Crippen LogP contribution < -0.4 is 0 Å². The molecule has 3 heteroatoms. The van der Waals surface area contributed by atoms with Crippen LogP contribution in [0.15, 0.2) is 30.3 Å². The number of aldehydes is 1. The molecule has 0 atom stereocenters. The highest BCUT2D eigenvalue weighted by atomic mass is 16.5. The lowest BCUT2D eigenvalue weighted by Gasteiger charge is -2.04. The van der Waals surface area contributed by atoms with Crippen LogP contribution in [0.5, 0.6) is 0 Å². The number of benzene rings is 1. The number of hydrogen-bond donors (Lipinski definition) is 0. The Balaban J connectivity index is 2.01. The summed E-state index contributed by atoms with van der Waals surface area (Å²) in [5.74, 6) is -0.142. The molecule has 0 aliphatic heterocycles. The first-order valence-electron chi connectivity index (χ1n) is 6.46. The van der Waals surface area contributed by atoms with Crippen LogP contribution in [0.4, 0.5) is 0 Å². The van der Waals surface area contributed by atoms with Crippen molar-refractivity contribution in [2.24, 2.45) is 0 Å². The summed E-state index contributed by atoms with van der Waals surface area (Å²) >= 11 is 0. The monoisotopic (exact) mass is 248 g/mol. The molecule has 0 amide bonds. The SMILES string of the molecule is O=CCCCCCC(=O)OCCc1ccccc1. The molecule has 0 bridgehead atoms. The summed E-state index contributed by atoms with van der Waals surface area (Å²) in [5, 5.41) is 0. The number of unbranched alkanes of at least 4 members (excludes halogenated alkanes) is 3. The Bertz CT molecular complexity index is 346. The highest BCUT2D eigenvalue weighted by Crippen LogP contribution is 2.04. The number of esters is 1. The van der Waals surface area contributed by atoms with Crippen LogP contribution in [-0.2, 0) is 20.7 Å². The molecule has 0 aliphatic carbocycles. The van der Waals surface area contributed by atoms with E-state index in [1.807, 2.05) is 30.3 Å². The molecule has 1 aromatic rings. The first-order chi connectivity index (χ1) is 8.83. The standard InChI is InChI=1S/C15H20O3/c16-12-7-2-1-6-10-15(17)18-13-11-14-8-4-3-5-9-14/h3-5,8-9,12H,1-2,6-7,10-11,13H2. The summed E-state index contributed by atoms with van der Waals surface area (Å²) in [5.41, 5.74) is 1.18. The maximum absolute atomic E-state index is 11.4. The van der Waals surface area contributed by atoms with Gasteiger partial charge in [-0.1, -0.05) is 36.8 Å². The topological polar surface area (TPSA) is 43.4 Å². The molecule has 0 fully saturated rings. The van der Waals surface area contributed by atoms with Gasteiger partial charge in [-0.2, -0.15) is 0 Å². The second-order valence-corrected chi connectivity index (χ2v) is 4.22. The average molecular weight is 248 g/mol. The van der Waals surface area contributed by atoms with E-state index in [4.69, 9.17) is 4.74 Å². The number of hydrogen-bond acceptors (Lipinski definition) is 3. The minimum Gasteiger partial charge on any atom is -0.465 e. The van der Waals surface area contributed by atoms with Crippen molar-refractivity contribution in [3.8, 4) is 0 Å². The summed E-state index contributed by atoms with van der Waals surface area (Å²) in [6.07, 6.45) is 5.29. The maximum Gasteiger partial charge on any atom is 0.305 e. The molecule has 0 spiro atoms. The molecule has 98 valence electrons. The Hall–Kier alpha value is -1.64. The van der Waals surface area contributed by atoms with E-state index in [2.05, 4.69) is 0 Å². The fraction of sp³-hybridized carbons (Fsp3) is 0.467. The third kappa shape index (κ3) is 6.84. The molecular weight excluding hydrogens is 228 g/mol. The van der Waals surface area contributed by atoms with E-state index in [-0.39, 0.29) is 5.97 Å². The van der Waals surface area contributed by atoms with Crippen LogP contribution in [0.2, 0.25) is 0 Å². The van der Waals surface area contributed by atoms with Crippen LogP contribution in [0.3, 0.4) is 0 Å². The molecule has 0 aliphatic rings. The molecule has 3 nitrogen and oxygen atoms in total. The van der Waals surface area contributed by atoms with E-state index >= 15 is 0 Å². The minimum absolute atomic E-state index is 0.142. The Morgan fingerprint density at radius 2 is 1.89 bits per heavy atom. The maximum atomic E-state index is 11.4. The van der Waals surface area contributed by atoms with Crippen molar-refractivity contribution in [1.29, 1.82) is 0 Å². The van der Waals surface area contributed by atoms with Gasteiger partial charge in [0, 0.05) is 19.3 Å². The van der Waals surface area contributed by atoms with Crippen molar-refractivity contribution in [2.45, 2.75) is 38.5 Å². The molecule has 18 heavy (non-hydrogen) atoms. The Morgan fingerprint density at radius 3 is 2.61 bits per heavy atom. The van der Waals surface area contributed by atoms with Crippen molar-refractivity contribution in [3.05, 3.63) is 35.9 Å². The molecule has 0 saturated heterocycles. The molecule has 0 aromatic heterocycles. The van der Waals surface area contributed by atoms with Gasteiger partial charge in [-0.05, 0) is 18.4 Å². The average Bonchev–Trinajstić information content (AvgIpc) is 2.40. The van der Waals surface area contributed by atoms with Gasteiger partial charge in [-0.25, -0.2) is 0 Å². The van der Waals surface area contributed by atoms with Crippen LogP contribution in [0, 0.1) is 0 Å². The highest BCUT2D eigenvalue weighted by Gasteiger charge is 2.02. The van der Waals surface area contributed by atoms with Gasteiger partial charge in [0.1, 0.15) is 6.29 Å². The second-order valence-electron chi connectivity index (χ2n) is 4.22. The van der Waals surface area contributed by atoms with Crippen LogP contribution in [-0.4, -0.2) is 18.9 Å². The van der Waals surface area contributed by atoms with Crippen molar-refractivity contribution in [3.63, 3.8) is 0 Å². The third-order valence-corrected chi connectivity index (χ3v) is 2.70. The zero-order valence-electron chi connectivity index (χ0n) is 10.6. The van der Waals surface area contributed by atoms with Crippen LogP contribution in [0.25, 0.3) is 0 Å². The van der Waals surface area contributed by atoms with Gasteiger partial charge in [0.2, 0.25) is 0 Å². The van der Waals surface area contributed by atoms with Gasteiger partial charge >= 0.3 is 5.97 Å². The largest absolute Gasteiger partial charge is 0.465 e. The number of carbonyl (C=O) groups is 2. The smallest absolute Gasteiger partial charge is 0.305 e. The summed E-state index contributed by atoms with van der Waals surface area (Å²) in [6, 6.07) is 9.96. The number of ether oxygens (including phenoxy) is 1. The van der Waals surface area contributed by atoms with Crippen molar-refractivity contribution >= 4 is 12.3 Å². The van der Waals surface area contributed by atoms with Gasteiger partial charge in [-0.15, -0.1) is 0 Å². The van der Waals surface area contributed by atoms with Crippen molar-refractivity contribution in [1.82, 2.24) is 0 Å². The fourth-order valence-corrected chi connectivity index (χ4v) is 1.67. The molecule has 1 rings (SSSR count). The molecule has 1 aromatic carbocycles. The molecule has 0 N–H and O–H groups in total. The summed E-state index contributed by atoms with van der Waals surface area (Å²) in [4.78, 5) is 21.5. The lowest BCUT2D eigenvalue weighted by Crippen LogP contribution is -2.07. The fourth-order valence-electron chi connectivity index (χ4n) is 1.67. The third-order valence-electron chi connectivity index (χ3n) is 2.70. The first-order valence-corrected chi connectivity index (χ1v) is 6.46. The molecule has 0 saturated carbocycles. The quantitative estimate of drug-likeness (QED) is 0.383. The lowest BCUT2D eigenvalue weighted by molar-refractivity contribution is -0.143. The van der Waals surface area contributed by atoms with Crippen LogP contribution >= 0.6 is 0 Å². The lowest BCUT2D eigenvalue weighted by atomic mass is 10.1. The predicted octanol–water partition coefficient (Wildman–Crippen LogP) is 2.92. The van der Waals surface area contributed by atoms with E-state index in [9.17, 15) is 9.59 Å². The Morgan fingerprint density at radius 1 is 1.11 bits per heavy atom. The van der Waals surface area contributed by atoms with E-state index in [1.54, 1.807) is 0 Å². The Labute approximate surface area is 108 Å².